The minimum atomic E-state index is 0.159. The molecule has 0 fully saturated rings. The predicted molar refractivity (Wildman–Crippen MR) is 69.2 cm³/mol. The van der Waals surface area contributed by atoms with Crippen molar-refractivity contribution in [2.45, 2.75) is 26.9 Å². The first-order valence-electron chi connectivity index (χ1n) is 5.84. The molecule has 0 atom stereocenters. The first-order valence-corrected chi connectivity index (χ1v) is 5.84. The summed E-state index contributed by atoms with van der Waals surface area (Å²) in [7, 11) is 0. The van der Waals surface area contributed by atoms with Crippen molar-refractivity contribution in [2.75, 3.05) is 0 Å². The van der Waals surface area contributed by atoms with E-state index in [0.717, 1.165) is 17.0 Å². The maximum absolute atomic E-state index is 8.87. The number of nitriles is 1. The Labute approximate surface area is 106 Å². The van der Waals surface area contributed by atoms with E-state index in [1.807, 2.05) is 45.0 Å². The molecule has 92 valence electrons. The van der Waals surface area contributed by atoms with Gasteiger partial charge >= 0.3 is 0 Å². The van der Waals surface area contributed by atoms with E-state index < -0.39 is 0 Å². The Morgan fingerprint density at radius 3 is 2.44 bits per heavy atom. The number of aromatic amines is 1. The third-order valence-corrected chi connectivity index (χ3v) is 2.49. The van der Waals surface area contributed by atoms with Crippen molar-refractivity contribution in [1.29, 1.82) is 5.26 Å². The molecule has 4 nitrogen and oxygen atoms in total. The van der Waals surface area contributed by atoms with E-state index in [1.54, 1.807) is 0 Å². The van der Waals surface area contributed by atoms with Gasteiger partial charge in [0.1, 0.15) is 17.6 Å². The molecule has 0 saturated carbocycles. The third-order valence-electron chi connectivity index (χ3n) is 2.49. The van der Waals surface area contributed by atoms with Gasteiger partial charge < -0.3 is 9.72 Å². The molecule has 0 aliphatic carbocycles. The van der Waals surface area contributed by atoms with E-state index in [0.29, 0.717) is 11.5 Å². The molecule has 0 spiro atoms. The van der Waals surface area contributed by atoms with Gasteiger partial charge in [-0.1, -0.05) is 0 Å². The summed E-state index contributed by atoms with van der Waals surface area (Å²) in [5.41, 5.74) is 2.17. The molecule has 2 rings (SSSR count). The Hall–Kier alpha value is -2.28. The number of imidazole rings is 1. The van der Waals surface area contributed by atoms with E-state index in [1.165, 1.54) is 0 Å². The number of rotatable bonds is 3. The number of benzene rings is 1. The van der Waals surface area contributed by atoms with Gasteiger partial charge in [-0.25, -0.2) is 4.98 Å². The molecule has 0 amide bonds. The number of H-pyrrole nitrogens is 1. The van der Waals surface area contributed by atoms with Crippen molar-refractivity contribution in [3.8, 4) is 23.2 Å². The second-order valence-corrected chi connectivity index (χ2v) is 4.36. The van der Waals surface area contributed by atoms with Crippen molar-refractivity contribution in [2.24, 2.45) is 0 Å². The second-order valence-electron chi connectivity index (χ2n) is 4.36. The van der Waals surface area contributed by atoms with Gasteiger partial charge in [-0.3, -0.25) is 0 Å². The molecule has 1 aromatic heterocycles. The van der Waals surface area contributed by atoms with E-state index in [4.69, 9.17) is 10.00 Å². The fourth-order valence-electron chi connectivity index (χ4n) is 1.67. The maximum Gasteiger partial charge on any atom is 0.161 e. The number of ether oxygens (including phenoxy) is 1. The van der Waals surface area contributed by atoms with Gasteiger partial charge in [0.05, 0.1) is 11.8 Å². The van der Waals surface area contributed by atoms with Gasteiger partial charge in [0, 0.05) is 5.56 Å². The van der Waals surface area contributed by atoms with E-state index in [2.05, 4.69) is 16.0 Å². The zero-order valence-electron chi connectivity index (χ0n) is 10.7. The van der Waals surface area contributed by atoms with E-state index in [9.17, 15) is 0 Å². The minimum absolute atomic E-state index is 0.159. The van der Waals surface area contributed by atoms with Gasteiger partial charge in [0.2, 0.25) is 0 Å². The Bertz CT molecular complexity index is 576. The molecule has 0 bridgehead atoms. The minimum Gasteiger partial charge on any atom is -0.491 e. The summed E-state index contributed by atoms with van der Waals surface area (Å²) in [5.74, 6) is 1.54. The number of aryl methyl sites for hydroxylation is 1. The van der Waals surface area contributed by atoms with Gasteiger partial charge in [-0.05, 0) is 45.0 Å². The summed E-state index contributed by atoms with van der Waals surface area (Å²) in [6.07, 6.45) is 0.159. The number of hydrogen-bond donors (Lipinski definition) is 1. The molecule has 4 heteroatoms. The lowest BCUT2D eigenvalue weighted by molar-refractivity contribution is 0.242. The molecule has 1 N–H and O–H groups in total. The summed E-state index contributed by atoms with van der Waals surface area (Å²) >= 11 is 0. The average molecular weight is 241 g/mol. The summed E-state index contributed by atoms with van der Waals surface area (Å²) in [6, 6.07) is 9.72. The van der Waals surface area contributed by atoms with Crippen LogP contribution in [0, 0.1) is 18.3 Å². The third kappa shape index (κ3) is 2.51. The Morgan fingerprint density at radius 2 is 1.94 bits per heavy atom. The van der Waals surface area contributed by atoms with Gasteiger partial charge in [0.15, 0.2) is 5.69 Å². The van der Waals surface area contributed by atoms with Crippen LogP contribution in [0.1, 0.15) is 25.2 Å². The number of hydrogen-bond acceptors (Lipinski definition) is 3. The standard InChI is InChI=1S/C14H15N3O/c1-9(2)18-12-6-4-11(5-7-12)14-16-10(3)13(8-15)17-14/h4-7,9H,1-3H3,(H,16,17). The number of aromatic nitrogens is 2. The second kappa shape index (κ2) is 4.92. The zero-order chi connectivity index (χ0) is 13.1. The summed E-state index contributed by atoms with van der Waals surface area (Å²) < 4.78 is 5.57. The topological polar surface area (TPSA) is 61.7 Å². The average Bonchev–Trinajstić information content (AvgIpc) is 2.71. The quantitative estimate of drug-likeness (QED) is 0.898. The number of nitrogens with zero attached hydrogens (tertiary/aromatic N) is 2. The smallest absolute Gasteiger partial charge is 0.161 e. The molecule has 1 heterocycles. The predicted octanol–water partition coefficient (Wildman–Crippen LogP) is 3.04. The Balaban J connectivity index is 2.26. The highest BCUT2D eigenvalue weighted by atomic mass is 16.5. The van der Waals surface area contributed by atoms with Crippen LogP contribution in [-0.2, 0) is 0 Å². The van der Waals surface area contributed by atoms with Crippen LogP contribution in [0.2, 0.25) is 0 Å². The van der Waals surface area contributed by atoms with Crippen LogP contribution in [0.5, 0.6) is 5.75 Å². The maximum atomic E-state index is 8.87. The van der Waals surface area contributed by atoms with Crippen molar-refractivity contribution >= 4 is 0 Å². The van der Waals surface area contributed by atoms with Crippen LogP contribution in [0.25, 0.3) is 11.4 Å². The summed E-state index contributed by atoms with van der Waals surface area (Å²) in [5, 5.41) is 8.87. The zero-order valence-corrected chi connectivity index (χ0v) is 10.7. The fourth-order valence-corrected chi connectivity index (χ4v) is 1.67. The summed E-state index contributed by atoms with van der Waals surface area (Å²) in [4.78, 5) is 7.33. The van der Waals surface area contributed by atoms with Crippen LogP contribution in [0.4, 0.5) is 0 Å². The molecular formula is C14H15N3O. The normalized spacial score (nSPS) is 10.4. The largest absolute Gasteiger partial charge is 0.491 e. The van der Waals surface area contributed by atoms with Crippen molar-refractivity contribution in [3.05, 3.63) is 35.7 Å². The molecule has 18 heavy (non-hydrogen) atoms. The van der Waals surface area contributed by atoms with Crippen LogP contribution in [0.15, 0.2) is 24.3 Å². The van der Waals surface area contributed by atoms with Gasteiger partial charge in [-0.15, -0.1) is 0 Å². The lowest BCUT2D eigenvalue weighted by atomic mass is 10.2. The Morgan fingerprint density at radius 1 is 1.28 bits per heavy atom. The van der Waals surface area contributed by atoms with Crippen LogP contribution >= 0.6 is 0 Å². The molecule has 0 aliphatic heterocycles. The van der Waals surface area contributed by atoms with Gasteiger partial charge in [0.25, 0.3) is 0 Å². The molecular weight excluding hydrogens is 226 g/mol. The molecule has 0 saturated heterocycles. The lowest BCUT2D eigenvalue weighted by Crippen LogP contribution is -2.05. The Kier molecular flexibility index (Phi) is 3.33. The van der Waals surface area contributed by atoms with Crippen molar-refractivity contribution in [3.63, 3.8) is 0 Å². The molecule has 2 aromatic rings. The lowest BCUT2D eigenvalue weighted by Gasteiger charge is -2.09. The van der Waals surface area contributed by atoms with Crippen LogP contribution in [0.3, 0.4) is 0 Å². The fraction of sp³-hybridized carbons (Fsp3) is 0.286. The molecule has 0 unspecified atom stereocenters. The van der Waals surface area contributed by atoms with Crippen molar-refractivity contribution < 1.29 is 4.74 Å². The van der Waals surface area contributed by atoms with Crippen LogP contribution in [-0.4, -0.2) is 16.1 Å². The highest BCUT2D eigenvalue weighted by molar-refractivity contribution is 5.58. The van der Waals surface area contributed by atoms with Gasteiger partial charge in [-0.2, -0.15) is 5.26 Å². The van der Waals surface area contributed by atoms with Crippen molar-refractivity contribution in [1.82, 2.24) is 9.97 Å². The first kappa shape index (κ1) is 12.2. The molecule has 0 radical (unpaired) electrons. The SMILES string of the molecule is Cc1[nH]c(-c2ccc(OC(C)C)cc2)nc1C#N. The van der Waals surface area contributed by atoms with Crippen LogP contribution < -0.4 is 4.74 Å². The monoisotopic (exact) mass is 241 g/mol. The van der Waals surface area contributed by atoms with E-state index >= 15 is 0 Å². The van der Waals surface area contributed by atoms with E-state index in [-0.39, 0.29) is 6.10 Å². The summed E-state index contributed by atoms with van der Waals surface area (Å²) in [6.45, 7) is 5.82. The molecule has 1 aromatic carbocycles. The molecule has 0 aliphatic rings. The highest BCUT2D eigenvalue weighted by Crippen LogP contribution is 2.21. The highest BCUT2D eigenvalue weighted by Gasteiger charge is 2.08. The number of nitrogens with one attached hydrogen (secondary N) is 1. The first-order chi connectivity index (χ1) is 8.60.